The lowest BCUT2D eigenvalue weighted by molar-refractivity contribution is 1.30. The molecule has 0 bridgehead atoms. The summed E-state index contributed by atoms with van der Waals surface area (Å²) in [5, 5.41) is 1.20. The van der Waals surface area contributed by atoms with Gasteiger partial charge in [-0.2, -0.15) is 0 Å². The Kier molecular flexibility index (Phi) is 6.06. The summed E-state index contributed by atoms with van der Waals surface area (Å²) in [6.07, 6.45) is 3.24. The largest absolute Gasteiger partial charge is 0.247 e. The van der Waals surface area contributed by atoms with Crippen LogP contribution in [0.5, 0.6) is 0 Å². The molecule has 1 rings (SSSR count). The zero-order valence-electron chi connectivity index (χ0n) is 11.2. The van der Waals surface area contributed by atoms with Crippen LogP contribution in [0, 0.1) is 6.92 Å². The third-order valence-corrected chi connectivity index (χ3v) is 3.38. The van der Waals surface area contributed by atoms with Crippen molar-refractivity contribution in [3.05, 3.63) is 41.5 Å². The maximum absolute atomic E-state index is 4.67. The second-order valence-electron chi connectivity index (χ2n) is 4.29. The Hall–Kier alpha value is -1.02. The summed E-state index contributed by atoms with van der Waals surface area (Å²) in [4.78, 5) is 4.67. The SMILES string of the molecule is CCC(=Nc1ccc(C)cc1)SCC=C(C)C. The van der Waals surface area contributed by atoms with Crippen molar-refractivity contribution in [1.29, 1.82) is 0 Å². The topological polar surface area (TPSA) is 12.4 Å². The van der Waals surface area contributed by atoms with Crippen LogP contribution in [0.3, 0.4) is 0 Å². The van der Waals surface area contributed by atoms with Gasteiger partial charge >= 0.3 is 0 Å². The number of benzene rings is 1. The Balaban J connectivity index is 2.66. The van der Waals surface area contributed by atoms with Crippen molar-refractivity contribution in [2.45, 2.75) is 34.1 Å². The second-order valence-corrected chi connectivity index (χ2v) is 5.38. The maximum atomic E-state index is 4.67. The molecule has 0 amide bonds. The summed E-state index contributed by atoms with van der Waals surface area (Å²) < 4.78 is 0. The van der Waals surface area contributed by atoms with Gasteiger partial charge < -0.3 is 0 Å². The summed E-state index contributed by atoms with van der Waals surface area (Å²) in [7, 11) is 0. The van der Waals surface area contributed by atoms with E-state index < -0.39 is 0 Å². The number of rotatable bonds is 4. The van der Waals surface area contributed by atoms with Crippen molar-refractivity contribution in [1.82, 2.24) is 0 Å². The summed E-state index contributed by atoms with van der Waals surface area (Å²) in [6.45, 7) is 8.51. The molecule has 0 fully saturated rings. The molecular weight excluding hydrogens is 226 g/mol. The fraction of sp³-hybridized carbons (Fsp3) is 0.400. The first kappa shape index (κ1) is 14.0. The summed E-state index contributed by atoms with van der Waals surface area (Å²) in [6, 6.07) is 8.36. The lowest BCUT2D eigenvalue weighted by Gasteiger charge is -2.02. The van der Waals surface area contributed by atoms with Crippen molar-refractivity contribution in [2.75, 3.05) is 5.75 Å². The quantitative estimate of drug-likeness (QED) is 0.408. The molecule has 0 aliphatic heterocycles. The lowest BCUT2D eigenvalue weighted by atomic mass is 10.2. The zero-order valence-corrected chi connectivity index (χ0v) is 12.0. The summed E-state index contributed by atoms with van der Waals surface area (Å²) in [5.41, 5.74) is 3.69. The Morgan fingerprint density at radius 1 is 1.24 bits per heavy atom. The van der Waals surface area contributed by atoms with Crippen molar-refractivity contribution in [2.24, 2.45) is 4.99 Å². The number of hydrogen-bond donors (Lipinski definition) is 0. The molecule has 0 heterocycles. The summed E-state index contributed by atoms with van der Waals surface area (Å²) >= 11 is 1.82. The molecule has 0 aliphatic carbocycles. The lowest BCUT2D eigenvalue weighted by Crippen LogP contribution is -1.90. The molecule has 0 radical (unpaired) electrons. The van der Waals surface area contributed by atoms with Gasteiger partial charge in [-0.3, -0.25) is 0 Å². The third kappa shape index (κ3) is 5.73. The monoisotopic (exact) mass is 247 g/mol. The fourth-order valence-electron chi connectivity index (χ4n) is 1.28. The van der Waals surface area contributed by atoms with Crippen LogP contribution in [0.4, 0.5) is 5.69 Å². The van der Waals surface area contributed by atoms with Gasteiger partial charge in [-0.15, -0.1) is 11.8 Å². The molecule has 0 saturated heterocycles. The summed E-state index contributed by atoms with van der Waals surface area (Å²) in [5.74, 6) is 1.01. The van der Waals surface area contributed by atoms with Gasteiger partial charge in [0.2, 0.25) is 0 Å². The molecule has 0 aromatic heterocycles. The Labute approximate surface area is 109 Å². The van der Waals surface area contributed by atoms with Crippen molar-refractivity contribution < 1.29 is 0 Å². The van der Waals surface area contributed by atoms with Gasteiger partial charge in [0.15, 0.2) is 0 Å². The number of aliphatic imine (C=N–C) groups is 1. The van der Waals surface area contributed by atoms with Gasteiger partial charge in [0.05, 0.1) is 10.7 Å². The average Bonchev–Trinajstić information content (AvgIpc) is 2.30. The molecule has 0 aliphatic rings. The van der Waals surface area contributed by atoms with E-state index in [-0.39, 0.29) is 0 Å². The van der Waals surface area contributed by atoms with E-state index >= 15 is 0 Å². The molecule has 0 unspecified atom stereocenters. The van der Waals surface area contributed by atoms with E-state index in [1.807, 2.05) is 11.8 Å². The molecule has 2 heteroatoms. The minimum Gasteiger partial charge on any atom is -0.247 e. The smallest absolute Gasteiger partial charge is 0.0738 e. The molecule has 0 N–H and O–H groups in total. The Morgan fingerprint density at radius 3 is 2.41 bits per heavy atom. The van der Waals surface area contributed by atoms with Gasteiger partial charge in [0.1, 0.15) is 0 Å². The van der Waals surface area contributed by atoms with E-state index in [9.17, 15) is 0 Å². The molecule has 92 valence electrons. The second kappa shape index (κ2) is 7.33. The van der Waals surface area contributed by atoms with E-state index in [1.54, 1.807) is 0 Å². The first-order chi connectivity index (χ1) is 8.11. The number of aryl methyl sites for hydroxylation is 1. The van der Waals surface area contributed by atoms with Gasteiger partial charge in [0.25, 0.3) is 0 Å². The molecule has 0 atom stereocenters. The highest BCUT2D eigenvalue weighted by molar-refractivity contribution is 8.14. The van der Waals surface area contributed by atoms with E-state index in [1.165, 1.54) is 16.2 Å². The van der Waals surface area contributed by atoms with Gasteiger partial charge in [-0.05, 0) is 39.3 Å². The first-order valence-corrected chi connectivity index (χ1v) is 7.00. The molecule has 0 saturated carbocycles. The van der Waals surface area contributed by atoms with Crippen molar-refractivity contribution in [3.63, 3.8) is 0 Å². The van der Waals surface area contributed by atoms with Crippen molar-refractivity contribution in [3.8, 4) is 0 Å². The van der Waals surface area contributed by atoms with Crippen LogP contribution in [-0.4, -0.2) is 10.8 Å². The molecule has 0 spiro atoms. The van der Waals surface area contributed by atoms with Crippen LogP contribution in [0.25, 0.3) is 0 Å². The van der Waals surface area contributed by atoms with E-state index in [2.05, 4.69) is 63.0 Å². The predicted octanol–water partition coefficient (Wildman–Crippen LogP) is 5.13. The Morgan fingerprint density at radius 2 is 1.88 bits per heavy atom. The first-order valence-electron chi connectivity index (χ1n) is 6.02. The fourth-order valence-corrected chi connectivity index (χ4v) is 2.26. The van der Waals surface area contributed by atoms with Crippen LogP contribution in [0.15, 0.2) is 40.9 Å². The molecule has 1 nitrogen and oxygen atoms in total. The van der Waals surface area contributed by atoms with Gasteiger partial charge in [-0.1, -0.05) is 36.3 Å². The van der Waals surface area contributed by atoms with E-state index in [4.69, 9.17) is 0 Å². The molecular formula is C15H21NS. The number of hydrogen-bond acceptors (Lipinski definition) is 2. The highest BCUT2D eigenvalue weighted by Crippen LogP contribution is 2.18. The normalized spacial score (nSPS) is 11.4. The third-order valence-electron chi connectivity index (χ3n) is 2.33. The molecule has 1 aromatic rings. The van der Waals surface area contributed by atoms with E-state index in [0.717, 1.165) is 17.9 Å². The zero-order chi connectivity index (χ0) is 12.7. The van der Waals surface area contributed by atoms with Gasteiger partial charge in [-0.25, -0.2) is 4.99 Å². The molecule has 1 aromatic carbocycles. The van der Waals surface area contributed by atoms with Crippen LogP contribution >= 0.6 is 11.8 Å². The standard InChI is InChI=1S/C15H21NS/c1-5-15(17-11-10-12(2)3)16-14-8-6-13(4)7-9-14/h6-10H,5,11H2,1-4H3. The molecule has 17 heavy (non-hydrogen) atoms. The van der Waals surface area contributed by atoms with Crippen molar-refractivity contribution >= 4 is 22.5 Å². The van der Waals surface area contributed by atoms with Crippen LogP contribution < -0.4 is 0 Å². The predicted molar refractivity (Wildman–Crippen MR) is 80.5 cm³/mol. The van der Waals surface area contributed by atoms with Crippen LogP contribution in [-0.2, 0) is 0 Å². The number of nitrogens with zero attached hydrogens (tertiary/aromatic N) is 1. The van der Waals surface area contributed by atoms with Crippen LogP contribution in [0.1, 0.15) is 32.8 Å². The average molecular weight is 247 g/mol. The highest BCUT2D eigenvalue weighted by Gasteiger charge is 1.97. The van der Waals surface area contributed by atoms with Gasteiger partial charge in [0, 0.05) is 5.75 Å². The Bertz CT molecular complexity index is 397. The minimum absolute atomic E-state index is 0.995. The number of thioether (sulfide) groups is 1. The number of allylic oxidation sites excluding steroid dienone is 1. The maximum Gasteiger partial charge on any atom is 0.0738 e. The highest BCUT2D eigenvalue weighted by atomic mass is 32.2. The minimum atomic E-state index is 0.995. The van der Waals surface area contributed by atoms with Crippen LogP contribution in [0.2, 0.25) is 0 Å². The van der Waals surface area contributed by atoms with E-state index in [0.29, 0.717) is 0 Å².